The molecule has 1 N–H and O–H groups in total. The summed E-state index contributed by atoms with van der Waals surface area (Å²) in [6.07, 6.45) is 1.59. The van der Waals surface area contributed by atoms with Crippen molar-refractivity contribution >= 4 is 5.97 Å². The number of hydrogen-bond acceptors (Lipinski definition) is 4. The Morgan fingerprint density at radius 3 is 3.07 bits per heavy atom. The first kappa shape index (κ1) is 10.2. The number of hydrogen-bond donors (Lipinski definition) is 1. The number of ether oxygens (including phenoxy) is 1. The molecule has 0 radical (unpaired) electrons. The van der Waals surface area contributed by atoms with Crippen molar-refractivity contribution in [2.24, 2.45) is 5.92 Å². The van der Waals surface area contributed by atoms with Crippen molar-refractivity contribution < 1.29 is 19.2 Å². The van der Waals surface area contributed by atoms with Gasteiger partial charge in [0, 0.05) is 13.2 Å². The van der Waals surface area contributed by atoms with Crippen LogP contribution in [0.5, 0.6) is 0 Å². The van der Waals surface area contributed by atoms with Crippen molar-refractivity contribution in [3.63, 3.8) is 0 Å². The Balaban J connectivity index is 2.16. The minimum atomic E-state index is -0.970. The lowest BCUT2D eigenvalue weighted by atomic mass is 10.00. The molecule has 2 rings (SSSR count). The van der Waals surface area contributed by atoms with Gasteiger partial charge in [-0.25, -0.2) is 4.79 Å². The van der Waals surface area contributed by atoms with E-state index in [1.54, 1.807) is 6.92 Å². The van der Waals surface area contributed by atoms with Gasteiger partial charge in [0.1, 0.15) is 11.3 Å². The normalized spacial score (nSPS) is 20.7. The molecule has 1 aliphatic heterocycles. The number of aryl methyl sites for hydroxylation is 1. The van der Waals surface area contributed by atoms with Crippen molar-refractivity contribution in [2.75, 3.05) is 13.2 Å². The van der Waals surface area contributed by atoms with Crippen molar-refractivity contribution in [2.45, 2.75) is 19.8 Å². The standard InChI is InChI=1S/C10H13NO4/c1-6-9(10(12)13)8(11-15-6)4-7-2-3-14-5-7/h7H,2-5H2,1H3,(H,12,13). The van der Waals surface area contributed by atoms with Crippen LogP contribution >= 0.6 is 0 Å². The Kier molecular flexibility index (Phi) is 2.73. The quantitative estimate of drug-likeness (QED) is 0.814. The molecule has 0 saturated carbocycles. The van der Waals surface area contributed by atoms with Gasteiger partial charge in [0.05, 0.1) is 5.69 Å². The molecule has 1 aromatic rings. The van der Waals surface area contributed by atoms with E-state index < -0.39 is 5.97 Å². The van der Waals surface area contributed by atoms with E-state index in [-0.39, 0.29) is 5.56 Å². The molecule has 0 spiro atoms. The van der Waals surface area contributed by atoms with E-state index in [1.165, 1.54) is 0 Å². The smallest absolute Gasteiger partial charge is 0.341 e. The fraction of sp³-hybridized carbons (Fsp3) is 0.600. The van der Waals surface area contributed by atoms with Crippen molar-refractivity contribution in [3.8, 4) is 0 Å². The van der Waals surface area contributed by atoms with Crippen LogP contribution < -0.4 is 0 Å². The maximum atomic E-state index is 10.9. The molecule has 1 unspecified atom stereocenters. The highest BCUT2D eigenvalue weighted by Crippen LogP contribution is 2.21. The summed E-state index contributed by atoms with van der Waals surface area (Å²) in [4.78, 5) is 10.9. The van der Waals surface area contributed by atoms with Gasteiger partial charge in [0.2, 0.25) is 0 Å². The van der Waals surface area contributed by atoms with Gasteiger partial charge in [-0.2, -0.15) is 0 Å². The summed E-state index contributed by atoms with van der Waals surface area (Å²) in [7, 11) is 0. The van der Waals surface area contributed by atoms with Crippen LogP contribution in [0, 0.1) is 12.8 Å². The van der Waals surface area contributed by atoms with E-state index in [4.69, 9.17) is 14.4 Å². The average Bonchev–Trinajstić information content (AvgIpc) is 2.76. The second kappa shape index (κ2) is 4.02. The molecule has 0 aliphatic carbocycles. The highest BCUT2D eigenvalue weighted by Gasteiger charge is 2.24. The van der Waals surface area contributed by atoms with Gasteiger partial charge in [0.15, 0.2) is 0 Å². The zero-order valence-electron chi connectivity index (χ0n) is 8.52. The van der Waals surface area contributed by atoms with Crippen LogP contribution in [0.1, 0.15) is 28.2 Å². The van der Waals surface area contributed by atoms with Gasteiger partial charge in [-0.1, -0.05) is 5.16 Å². The zero-order valence-corrected chi connectivity index (χ0v) is 8.52. The summed E-state index contributed by atoms with van der Waals surface area (Å²) in [6.45, 7) is 3.06. The van der Waals surface area contributed by atoms with Crippen LogP contribution in [-0.2, 0) is 11.2 Å². The predicted molar refractivity (Wildman–Crippen MR) is 50.8 cm³/mol. The van der Waals surface area contributed by atoms with Gasteiger partial charge < -0.3 is 14.4 Å². The van der Waals surface area contributed by atoms with Gasteiger partial charge in [-0.15, -0.1) is 0 Å². The second-order valence-corrected chi connectivity index (χ2v) is 3.80. The summed E-state index contributed by atoms with van der Waals surface area (Å²) in [5.41, 5.74) is 0.748. The summed E-state index contributed by atoms with van der Waals surface area (Å²) >= 11 is 0. The molecule has 1 aliphatic rings. The van der Waals surface area contributed by atoms with Crippen LogP contribution in [-0.4, -0.2) is 29.4 Å². The largest absolute Gasteiger partial charge is 0.477 e. The van der Waals surface area contributed by atoms with Gasteiger partial charge in [0.25, 0.3) is 0 Å². The van der Waals surface area contributed by atoms with Crippen LogP contribution in [0.4, 0.5) is 0 Å². The summed E-state index contributed by atoms with van der Waals surface area (Å²) < 4.78 is 10.1. The number of carboxylic acid groups (broad SMARTS) is 1. The monoisotopic (exact) mass is 211 g/mol. The maximum Gasteiger partial charge on any atom is 0.341 e. The lowest BCUT2D eigenvalue weighted by Crippen LogP contribution is -2.08. The third-order valence-corrected chi connectivity index (χ3v) is 2.65. The Morgan fingerprint density at radius 2 is 2.47 bits per heavy atom. The SMILES string of the molecule is Cc1onc(CC2CCOC2)c1C(=O)O. The van der Waals surface area contributed by atoms with Crippen molar-refractivity contribution in [3.05, 3.63) is 17.0 Å². The third-order valence-electron chi connectivity index (χ3n) is 2.65. The van der Waals surface area contributed by atoms with E-state index in [1.807, 2.05) is 0 Å². The summed E-state index contributed by atoms with van der Waals surface area (Å²) in [6, 6.07) is 0. The lowest BCUT2D eigenvalue weighted by Gasteiger charge is -2.04. The Labute approximate surface area is 87.0 Å². The number of aromatic nitrogens is 1. The minimum Gasteiger partial charge on any atom is -0.477 e. The van der Waals surface area contributed by atoms with E-state index in [9.17, 15) is 4.79 Å². The lowest BCUT2D eigenvalue weighted by molar-refractivity contribution is 0.0693. The predicted octanol–water partition coefficient (Wildman–Crippen LogP) is 1.26. The molecule has 2 heterocycles. The molecule has 1 atom stereocenters. The van der Waals surface area contributed by atoms with Crippen LogP contribution in [0.15, 0.2) is 4.52 Å². The van der Waals surface area contributed by atoms with Crippen molar-refractivity contribution in [1.29, 1.82) is 0 Å². The first-order valence-corrected chi connectivity index (χ1v) is 4.94. The fourth-order valence-corrected chi connectivity index (χ4v) is 1.85. The number of nitrogens with zero attached hydrogens (tertiary/aromatic N) is 1. The van der Waals surface area contributed by atoms with Crippen molar-refractivity contribution in [1.82, 2.24) is 5.16 Å². The number of rotatable bonds is 3. The topological polar surface area (TPSA) is 72.6 Å². The van der Waals surface area contributed by atoms with E-state index in [0.717, 1.165) is 13.0 Å². The zero-order chi connectivity index (χ0) is 10.8. The van der Waals surface area contributed by atoms with Crippen LogP contribution in [0.25, 0.3) is 0 Å². The molecular formula is C10H13NO4. The van der Waals surface area contributed by atoms with Gasteiger partial charge in [-0.3, -0.25) is 0 Å². The Bertz CT molecular complexity index is 365. The van der Waals surface area contributed by atoms with Gasteiger partial charge in [-0.05, 0) is 25.7 Å². The van der Waals surface area contributed by atoms with Crippen LogP contribution in [0.2, 0.25) is 0 Å². The number of aromatic carboxylic acids is 1. The fourth-order valence-electron chi connectivity index (χ4n) is 1.85. The van der Waals surface area contributed by atoms with E-state index >= 15 is 0 Å². The average molecular weight is 211 g/mol. The third kappa shape index (κ3) is 2.02. The second-order valence-electron chi connectivity index (χ2n) is 3.80. The summed E-state index contributed by atoms with van der Waals surface area (Å²) in [5.74, 6) is -0.230. The number of carboxylic acids is 1. The highest BCUT2D eigenvalue weighted by molar-refractivity contribution is 5.89. The first-order valence-electron chi connectivity index (χ1n) is 4.94. The maximum absolute atomic E-state index is 10.9. The minimum absolute atomic E-state index is 0.210. The molecule has 1 saturated heterocycles. The van der Waals surface area contributed by atoms with E-state index in [2.05, 4.69) is 5.16 Å². The summed E-state index contributed by atoms with van der Waals surface area (Å²) in [5, 5.41) is 12.8. The first-order chi connectivity index (χ1) is 7.18. The molecule has 0 amide bonds. The molecular weight excluding hydrogens is 198 g/mol. The highest BCUT2D eigenvalue weighted by atomic mass is 16.5. The molecule has 82 valence electrons. The molecule has 15 heavy (non-hydrogen) atoms. The molecule has 5 nitrogen and oxygen atoms in total. The molecule has 0 aromatic carbocycles. The Hall–Kier alpha value is -1.36. The molecule has 1 aromatic heterocycles. The Morgan fingerprint density at radius 1 is 1.67 bits per heavy atom. The molecule has 5 heteroatoms. The van der Waals surface area contributed by atoms with Crippen LogP contribution in [0.3, 0.4) is 0 Å². The molecule has 1 fully saturated rings. The number of carbonyl (C=O) groups is 1. The van der Waals surface area contributed by atoms with E-state index in [0.29, 0.717) is 30.4 Å². The molecule has 0 bridgehead atoms. The van der Waals surface area contributed by atoms with Gasteiger partial charge >= 0.3 is 5.97 Å².